The van der Waals surface area contributed by atoms with E-state index in [0.717, 1.165) is 19.6 Å². The summed E-state index contributed by atoms with van der Waals surface area (Å²) in [5.41, 5.74) is 2.02. The summed E-state index contributed by atoms with van der Waals surface area (Å²) in [7, 11) is 0. The fraction of sp³-hybridized carbons (Fsp3) is 0.375. The van der Waals surface area contributed by atoms with Crippen LogP contribution in [0.25, 0.3) is 0 Å². The number of imide groups is 1. The van der Waals surface area contributed by atoms with Crippen molar-refractivity contribution in [3.63, 3.8) is 0 Å². The third-order valence-electron chi connectivity index (χ3n) is 5.92. The van der Waals surface area contributed by atoms with Crippen molar-refractivity contribution in [1.29, 1.82) is 0 Å². The van der Waals surface area contributed by atoms with E-state index in [1.165, 1.54) is 10.5 Å². The van der Waals surface area contributed by atoms with Crippen LogP contribution in [0.4, 0.5) is 0 Å². The Hall–Kier alpha value is -2.99. The fourth-order valence-electron chi connectivity index (χ4n) is 4.31. The highest BCUT2D eigenvalue weighted by Crippen LogP contribution is 2.28. The molecule has 2 aromatic carbocycles. The van der Waals surface area contributed by atoms with E-state index in [9.17, 15) is 14.4 Å². The van der Waals surface area contributed by atoms with Crippen molar-refractivity contribution in [3.05, 3.63) is 71.3 Å². The van der Waals surface area contributed by atoms with Gasteiger partial charge in [-0.3, -0.25) is 24.2 Å². The smallest absolute Gasteiger partial charge is 0.262 e. The maximum absolute atomic E-state index is 13.4. The maximum Gasteiger partial charge on any atom is 0.262 e. The SMILES string of the molecule is CC(C)[C@@H](C(=O)N1CCN(Cc2ccccc2)CC1)N1C(=O)c2ccccc2C1=O. The third-order valence-corrected chi connectivity index (χ3v) is 5.92. The van der Waals surface area contributed by atoms with Gasteiger partial charge >= 0.3 is 0 Å². The number of hydrogen-bond donors (Lipinski definition) is 0. The van der Waals surface area contributed by atoms with Gasteiger partial charge in [0.05, 0.1) is 11.1 Å². The summed E-state index contributed by atoms with van der Waals surface area (Å²) in [5.74, 6) is -1.04. The summed E-state index contributed by atoms with van der Waals surface area (Å²) in [6.45, 7) is 7.36. The first-order valence-corrected chi connectivity index (χ1v) is 10.5. The first-order valence-electron chi connectivity index (χ1n) is 10.5. The molecule has 0 radical (unpaired) electrons. The first kappa shape index (κ1) is 20.3. The highest BCUT2D eigenvalue weighted by molar-refractivity contribution is 6.22. The van der Waals surface area contributed by atoms with Crippen molar-refractivity contribution in [3.8, 4) is 0 Å². The van der Waals surface area contributed by atoms with E-state index in [1.54, 1.807) is 29.2 Å². The zero-order valence-corrected chi connectivity index (χ0v) is 17.5. The summed E-state index contributed by atoms with van der Waals surface area (Å²) in [6.07, 6.45) is 0. The van der Waals surface area contributed by atoms with Gasteiger partial charge in [-0.1, -0.05) is 56.3 Å². The Labute approximate surface area is 177 Å². The Kier molecular flexibility index (Phi) is 5.68. The second-order valence-electron chi connectivity index (χ2n) is 8.30. The minimum Gasteiger partial charge on any atom is -0.338 e. The monoisotopic (exact) mass is 405 g/mol. The molecule has 2 heterocycles. The number of hydrogen-bond acceptors (Lipinski definition) is 4. The third kappa shape index (κ3) is 3.75. The van der Waals surface area contributed by atoms with Crippen LogP contribution in [0.2, 0.25) is 0 Å². The second kappa shape index (κ2) is 8.40. The van der Waals surface area contributed by atoms with Gasteiger partial charge in [-0.2, -0.15) is 0 Å². The van der Waals surface area contributed by atoms with Crippen molar-refractivity contribution >= 4 is 17.7 Å². The van der Waals surface area contributed by atoms with Crippen LogP contribution < -0.4 is 0 Å². The lowest BCUT2D eigenvalue weighted by Gasteiger charge is -2.38. The predicted octanol–water partition coefficient (Wildman–Crippen LogP) is 2.65. The summed E-state index contributed by atoms with van der Waals surface area (Å²) in [5, 5.41) is 0. The number of carbonyl (C=O) groups is 3. The molecule has 30 heavy (non-hydrogen) atoms. The molecule has 0 spiro atoms. The molecule has 3 amide bonds. The zero-order chi connectivity index (χ0) is 21.3. The van der Waals surface area contributed by atoms with Crippen LogP contribution in [-0.2, 0) is 11.3 Å². The maximum atomic E-state index is 13.4. The lowest BCUT2D eigenvalue weighted by molar-refractivity contribution is -0.138. The van der Waals surface area contributed by atoms with Gasteiger partial charge < -0.3 is 4.90 Å². The van der Waals surface area contributed by atoms with Crippen molar-refractivity contribution < 1.29 is 14.4 Å². The summed E-state index contributed by atoms with van der Waals surface area (Å²) in [6, 6.07) is 16.3. The molecule has 0 aliphatic carbocycles. The molecule has 2 aliphatic heterocycles. The summed E-state index contributed by atoms with van der Waals surface area (Å²) < 4.78 is 0. The Morgan fingerprint density at radius 1 is 0.833 bits per heavy atom. The van der Waals surface area contributed by atoms with Crippen LogP contribution in [-0.4, -0.2) is 64.6 Å². The molecule has 156 valence electrons. The number of benzene rings is 2. The second-order valence-corrected chi connectivity index (χ2v) is 8.30. The lowest BCUT2D eigenvalue weighted by atomic mass is 10.0. The number of amides is 3. The lowest BCUT2D eigenvalue weighted by Crippen LogP contribution is -2.57. The Bertz CT molecular complexity index is 914. The fourth-order valence-corrected chi connectivity index (χ4v) is 4.31. The zero-order valence-electron chi connectivity index (χ0n) is 17.5. The van der Waals surface area contributed by atoms with Gasteiger partial charge in [0.15, 0.2) is 0 Å². The van der Waals surface area contributed by atoms with Gasteiger partial charge in [-0.05, 0) is 23.6 Å². The van der Waals surface area contributed by atoms with E-state index >= 15 is 0 Å². The van der Waals surface area contributed by atoms with E-state index in [4.69, 9.17) is 0 Å². The summed E-state index contributed by atoms with van der Waals surface area (Å²) in [4.78, 5) is 44.5. The van der Waals surface area contributed by atoms with Crippen LogP contribution in [0, 0.1) is 5.92 Å². The van der Waals surface area contributed by atoms with Crippen LogP contribution >= 0.6 is 0 Å². The average molecular weight is 405 g/mol. The molecule has 0 N–H and O–H groups in total. The van der Waals surface area contributed by atoms with Crippen molar-refractivity contribution in [2.24, 2.45) is 5.92 Å². The molecule has 2 aliphatic rings. The number of carbonyl (C=O) groups excluding carboxylic acids is 3. The molecule has 1 atom stereocenters. The standard InChI is InChI=1S/C24H27N3O3/c1-17(2)21(27-22(28)19-10-6-7-11-20(19)23(27)29)24(30)26-14-12-25(13-15-26)16-18-8-4-3-5-9-18/h3-11,17,21H,12-16H2,1-2H3/t21-/m0/s1. The highest BCUT2D eigenvalue weighted by atomic mass is 16.2. The topological polar surface area (TPSA) is 60.9 Å². The van der Waals surface area contributed by atoms with Crippen molar-refractivity contribution in [2.45, 2.75) is 26.4 Å². The molecule has 0 saturated carbocycles. The van der Waals surface area contributed by atoms with E-state index in [2.05, 4.69) is 17.0 Å². The molecule has 0 aromatic heterocycles. The van der Waals surface area contributed by atoms with Crippen molar-refractivity contribution in [2.75, 3.05) is 26.2 Å². The van der Waals surface area contributed by atoms with E-state index in [0.29, 0.717) is 24.2 Å². The normalized spacial score (nSPS) is 18.1. The van der Waals surface area contributed by atoms with E-state index in [1.807, 2.05) is 32.0 Å². The molecule has 6 heteroatoms. The molecular weight excluding hydrogens is 378 g/mol. The molecule has 1 saturated heterocycles. The quantitative estimate of drug-likeness (QED) is 0.718. The van der Waals surface area contributed by atoms with Crippen LogP contribution in [0.1, 0.15) is 40.1 Å². The van der Waals surface area contributed by atoms with Gasteiger partial charge in [0.1, 0.15) is 6.04 Å². The van der Waals surface area contributed by atoms with Gasteiger partial charge in [0, 0.05) is 32.7 Å². The minimum atomic E-state index is -0.780. The van der Waals surface area contributed by atoms with Gasteiger partial charge in [0.2, 0.25) is 5.91 Å². The molecule has 2 aromatic rings. The molecule has 0 bridgehead atoms. The summed E-state index contributed by atoms with van der Waals surface area (Å²) >= 11 is 0. The van der Waals surface area contributed by atoms with E-state index in [-0.39, 0.29) is 23.6 Å². The number of rotatable bonds is 5. The van der Waals surface area contributed by atoms with Crippen molar-refractivity contribution in [1.82, 2.24) is 14.7 Å². The van der Waals surface area contributed by atoms with Crippen LogP contribution in [0.3, 0.4) is 0 Å². The van der Waals surface area contributed by atoms with Crippen LogP contribution in [0.5, 0.6) is 0 Å². The van der Waals surface area contributed by atoms with Gasteiger partial charge in [-0.15, -0.1) is 0 Å². The number of fused-ring (bicyclic) bond motifs is 1. The first-order chi connectivity index (χ1) is 14.5. The number of nitrogens with zero attached hydrogens (tertiary/aromatic N) is 3. The molecule has 6 nitrogen and oxygen atoms in total. The molecule has 4 rings (SSSR count). The Morgan fingerprint density at radius 2 is 1.37 bits per heavy atom. The minimum absolute atomic E-state index is 0.140. The van der Waals surface area contributed by atoms with Gasteiger partial charge in [0.25, 0.3) is 11.8 Å². The van der Waals surface area contributed by atoms with Crippen LogP contribution in [0.15, 0.2) is 54.6 Å². The number of piperazine rings is 1. The Balaban J connectivity index is 1.45. The molecule has 0 unspecified atom stereocenters. The largest absolute Gasteiger partial charge is 0.338 e. The average Bonchev–Trinajstić information content (AvgIpc) is 3.00. The predicted molar refractivity (Wildman–Crippen MR) is 114 cm³/mol. The highest BCUT2D eigenvalue weighted by Gasteiger charge is 2.45. The molecular formula is C24H27N3O3. The van der Waals surface area contributed by atoms with Gasteiger partial charge in [-0.25, -0.2) is 0 Å². The Morgan fingerprint density at radius 3 is 1.90 bits per heavy atom. The van der Waals surface area contributed by atoms with E-state index < -0.39 is 6.04 Å². The molecule has 1 fully saturated rings.